The van der Waals surface area contributed by atoms with Gasteiger partial charge in [0.1, 0.15) is 5.82 Å². The number of halogens is 1. The SMILES string of the molecule is C[C@H](CCN1CCC[C@@H](Cc2ccc(F)cc2)C1)N(Cc1ccccc1)[C@H](C)c1ccccc1. The lowest BCUT2D eigenvalue weighted by molar-refractivity contribution is 0.110. The third kappa shape index (κ3) is 7.01. The van der Waals surface area contributed by atoms with Gasteiger partial charge in [-0.1, -0.05) is 72.8 Å². The predicted molar refractivity (Wildman–Crippen MR) is 140 cm³/mol. The topological polar surface area (TPSA) is 6.48 Å². The van der Waals surface area contributed by atoms with E-state index in [9.17, 15) is 4.39 Å². The van der Waals surface area contributed by atoms with E-state index in [0.717, 1.165) is 32.5 Å². The average Bonchev–Trinajstić information content (AvgIpc) is 2.88. The van der Waals surface area contributed by atoms with Crippen molar-refractivity contribution in [2.45, 2.75) is 58.2 Å². The van der Waals surface area contributed by atoms with Gasteiger partial charge in [-0.3, -0.25) is 4.90 Å². The van der Waals surface area contributed by atoms with Crippen LogP contribution in [0.15, 0.2) is 84.9 Å². The molecule has 0 radical (unpaired) electrons. The average molecular weight is 459 g/mol. The molecule has 2 nitrogen and oxygen atoms in total. The molecule has 0 amide bonds. The Hall–Kier alpha value is -2.49. The second kappa shape index (κ2) is 12.3. The first kappa shape index (κ1) is 24.6. The van der Waals surface area contributed by atoms with Gasteiger partial charge in [-0.05, 0) is 87.4 Å². The first-order chi connectivity index (χ1) is 16.6. The molecule has 4 rings (SSSR count). The van der Waals surface area contributed by atoms with Crippen LogP contribution in [-0.4, -0.2) is 35.5 Å². The zero-order valence-electron chi connectivity index (χ0n) is 20.7. The number of likely N-dealkylation sites (tertiary alicyclic amines) is 1. The summed E-state index contributed by atoms with van der Waals surface area (Å²) in [7, 11) is 0. The molecular formula is C31H39FN2. The highest BCUT2D eigenvalue weighted by molar-refractivity contribution is 5.20. The first-order valence-electron chi connectivity index (χ1n) is 12.9. The fourth-order valence-electron chi connectivity index (χ4n) is 5.40. The molecular weight excluding hydrogens is 419 g/mol. The van der Waals surface area contributed by atoms with Gasteiger partial charge >= 0.3 is 0 Å². The Bertz CT molecular complexity index is 973. The number of benzene rings is 3. The maximum absolute atomic E-state index is 13.3. The van der Waals surface area contributed by atoms with Crippen molar-refractivity contribution in [3.05, 3.63) is 107 Å². The van der Waals surface area contributed by atoms with E-state index in [1.165, 1.54) is 36.1 Å². The zero-order valence-corrected chi connectivity index (χ0v) is 20.7. The van der Waals surface area contributed by atoms with E-state index in [2.05, 4.69) is 84.3 Å². The molecule has 0 bridgehead atoms. The van der Waals surface area contributed by atoms with Crippen LogP contribution in [-0.2, 0) is 13.0 Å². The predicted octanol–water partition coefficient (Wildman–Crippen LogP) is 7.12. The van der Waals surface area contributed by atoms with E-state index in [0.29, 0.717) is 18.0 Å². The lowest BCUT2D eigenvalue weighted by Gasteiger charge is -2.38. The molecule has 0 saturated carbocycles. The van der Waals surface area contributed by atoms with Crippen LogP contribution in [0, 0.1) is 11.7 Å². The largest absolute Gasteiger partial charge is 0.303 e. The fraction of sp³-hybridized carbons (Fsp3) is 0.419. The Kier molecular flexibility index (Phi) is 8.90. The maximum Gasteiger partial charge on any atom is 0.123 e. The van der Waals surface area contributed by atoms with Gasteiger partial charge in [-0.25, -0.2) is 4.39 Å². The van der Waals surface area contributed by atoms with Crippen molar-refractivity contribution in [2.24, 2.45) is 5.92 Å². The van der Waals surface area contributed by atoms with E-state index >= 15 is 0 Å². The van der Waals surface area contributed by atoms with Crippen LogP contribution in [0.2, 0.25) is 0 Å². The molecule has 1 saturated heterocycles. The number of piperidine rings is 1. The van der Waals surface area contributed by atoms with E-state index in [1.54, 1.807) is 12.1 Å². The van der Waals surface area contributed by atoms with Crippen molar-refractivity contribution >= 4 is 0 Å². The maximum atomic E-state index is 13.3. The normalized spacial score (nSPS) is 18.6. The van der Waals surface area contributed by atoms with Crippen LogP contribution in [0.3, 0.4) is 0 Å². The number of hydrogen-bond acceptors (Lipinski definition) is 2. The van der Waals surface area contributed by atoms with Crippen molar-refractivity contribution in [2.75, 3.05) is 19.6 Å². The third-order valence-electron chi connectivity index (χ3n) is 7.46. The number of nitrogens with zero attached hydrogens (tertiary/aromatic N) is 2. The standard InChI is InChI=1S/C31H39FN2/c1-25(19-21-33-20-9-12-29(23-33)22-27-15-17-31(32)18-16-27)34(24-28-10-5-3-6-11-28)26(2)30-13-7-4-8-14-30/h3-8,10-11,13-18,25-26,29H,9,12,19-24H2,1-2H3/t25-,26-,29+/m1/s1. The summed E-state index contributed by atoms with van der Waals surface area (Å²) in [5.41, 5.74) is 4.00. The van der Waals surface area contributed by atoms with Gasteiger partial charge in [-0.2, -0.15) is 0 Å². The summed E-state index contributed by atoms with van der Waals surface area (Å²) < 4.78 is 13.3. The van der Waals surface area contributed by atoms with Crippen LogP contribution < -0.4 is 0 Å². The van der Waals surface area contributed by atoms with Crippen molar-refractivity contribution in [1.82, 2.24) is 9.80 Å². The van der Waals surface area contributed by atoms with E-state index in [-0.39, 0.29) is 5.82 Å². The van der Waals surface area contributed by atoms with Crippen LogP contribution in [0.1, 0.15) is 55.8 Å². The third-order valence-corrected chi connectivity index (χ3v) is 7.46. The van der Waals surface area contributed by atoms with Crippen molar-refractivity contribution < 1.29 is 4.39 Å². The van der Waals surface area contributed by atoms with Crippen LogP contribution in [0.4, 0.5) is 4.39 Å². The smallest absolute Gasteiger partial charge is 0.123 e. The summed E-state index contributed by atoms with van der Waals surface area (Å²) in [5, 5.41) is 0. The van der Waals surface area contributed by atoms with Crippen LogP contribution in [0.5, 0.6) is 0 Å². The summed E-state index contributed by atoms with van der Waals surface area (Å²) in [5.74, 6) is 0.519. The molecule has 0 aromatic heterocycles. The molecule has 3 aromatic rings. The first-order valence-corrected chi connectivity index (χ1v) is 12.9. The Morgan fingerprint density at radius 2 is 1.56 bits per heavy atom. The second-order valence-corrected chi connectivity index (χ2v) is 10.0. The molecule has 0 N–H and O–H groups in total. The van der Waals surface area contributed by atoms with Gasteiger partial charge in [0.2, 0.25) is 0 Å². The quantitative estimate of drug-likeness (QED) is 0.319. The zero-order chi connectivity index (χ0) is 23.8. The van der Waals surface area contributed by atoms with E-state index in [4.69, 9.17) is 0 Å². The highest BCUT2D eigenvalue weighted by Gasteiger charge is 2.24. The van der Waals surface area contributed by atoms with Gasteiger partial charge in [-0.15, -0.1) is 0 Å². The van der Waals surface area contributed by atoms with Crippen LogP contribution in [0.25, 0.3) is 0 Å². The Balaban J connectivity index is 1.36. The fourth-order valence-corrected chi connectivity index (χ4v) is 5.40. The summed E-state index contributed by atoms with van der Waals surface area (Å²) in [6.07, 6.45) is 4.74. The van der Waals surface area contributed by atoms with Gasteiger partial charge < -0.3 is 4.90 Å². The van der Waals surface area contributed by atoms with Gasteiger partial charge in [0.25, 0.3) is 0 Å². The summed E-state index contributed by atoms with van der Waals surface area (Å²) in [6, 6.07) is 29.7. The van der Waals surface area contributed by atoms with Crippen LogP contribution >= 0.6 is 0 Å². The molecule has 1 fully saturated rings. The minimum atomic E-state index is -0.146. The van der Waals surface area contributed by atoms with E-state index < -0.39 is 0 Å². The highest BCUT2D eigenvalue weighted by atomic mass is 19.1. The monoisotopic (exact) mass is 458 g/mol. The van der Waals surface area contributed by atoms with Crippen molar-refractivity contribution in [3.63, 3.8) is 0 Å². The molecule has 0 spiro atoms. The van der Waals surface area contributed by atoms with Gasteiger partial charge in [0.15, 0.2) is 0 Å². The summed E-state index contributed by atoms with van der Waals surface area (Å²) in [6.45, 7) is 9.17. The minimum absolute atomic E-state index is 0.146. The van der Waals surface area contributed by atoms with Gasteiger partial charge in [0.05, 0.1) is 0 Å². The molecule has 34 heavy (non-hydrogen) atoms. The molecule has 3 aromatic carbocycles. The molecule has 0 unspecified atom stereocenters. The summed E-state index contributed by atoms with van der Waals surface area (Å²) >= 11 is 0. The Morgan fingerprint density at radius 1 is 0.882 bits per heavy atom. The lowest BCUT2D eigenvalue weighted by Crippen LogP contribution is -2.41. The van der Waals surface area contributed by atoms with Crippen molar-refractivity contribution in [1.29, 1.82) is 0 Å². The minimum Gasteiger partial charge on any atom is -0.303 e. The molecule has 1 aliphatic heterocycles. The molecule has 180 valence electrons. The Labute approximate surface area is 205 Å². The molecule has 0 aliphatic carbocycles. The van der Waals surface area contributed by atoms with Gasteiger partial charge in [0, 0.05) is 25.2 Å². The van der Waals surface area contributed by atoms with E-state index in [1.807, 2.05) is 12.1 Å². The number of rotatable bonds is 10. The highest BCUT2D eigenvalue weighted by Crippen LogP contribution is 2.27. The second-order valence-electron chi connectivity index (χ2n) is 10.0. The summed E-state index contributed by atoms with van der Waals surface area (Å²) in [4.78, 5) is 5.31. The molecule has 1 aliphatic rings. The molecule has 3 heteroatoms. The molecule has 1 heterocycles. The number of hydrogen-bond donors (Lipinski definition) is 0. The molecule has 3 atom stereocenters. The Morgan fingerprint density at radius 3 is 2.26 bits per heavy atom. The lowest BCUT2D eigenvalue weighted by atomic mass is 9.91. The van der Waals surface area contributed by atoms with Crippen molar-refractivity contribution in [3.8, 4) is 0 Å².